The molecule has 0 saturated carbocycles. The molecule has 92 valence electrons. The Bertz CT molecular complexity index is 414. The van der Waals surface area contributed by atoms with Crippen LogP contribution in [0, 0.1) is 6.92 Å². The third-order valence-electron chi connectivity index (χ3n) is 3.11. The number of carbonyl (C=O) groups excluding carboxylic acids is 1. The molecule has 0 bridgehead atoms. The van der Waals surface area contributed by atoms with Gasteiger partial charge in [-0.2, -0.15) is 0 Å². The minimum atomic E-state index is 0.0256. The average Bonchev–Trinajstić information content (AvgIpc) is 2.34. The Kier molecular flexibility index (Phi) is 4.18. The molecule has 17 heavy (non-hydrogen) atoms. The van der Waals surface area contributed by atoms with Crippen LogP contribution in [0.1, 0.15) is 28.8 Å². The minimum Gasteiger partial charge on any atom is -0.349 e. The van der Waals surface area contributed by atoms with Crippen molar-refractivity contribution in [2.45, 2.75) is 25.8 Å². The van der Waals surface area contributed by atoms with E-state index in [4.69, 9.17) is 0 Å². The summed E-state index contributed by atoms with van der Waals surface area (Å²) in [5.74, 6) is 0.0256. The first-order valence-electron chi connectivity index (χ1n) is 5.94. The molecule has 2 N–H and O–H groups in total. The molecule has 0 radical (unpaired) electrons. The van der Waals surface area contributed by atoms with E-state index in [0.717, 1.165) is 41.5 Å². The van der Waals surface area contributed by atoms with Crippen LogP contribution in [-0.4, -0.2) is 25.0 Å². The Morgan fingerprint density at radius 1 is 1.41 bits per heavy atom. The lowest BCUT2D eigenvalue weighted by molar-refractivity contribution is 0.0929. The first kappa shape index (κ1) is 12.6. The molecule has 2 rings (SSSR count). The van der Waals surface area contributed by atoms with Crippen molar-refractivity contribution in [1.29, 1.82) is 0 Å². The van der Waals surface area contributed by atoms with Crippen molar-refractivity contribution >= 4 is 21.8 Å². The van der Waals surface area contributed by atoms with E-state index in [-0.39, 0.29) is 5.91 Å². The predicted molar refractivity (Wildman–Crippen MR) is 72.2 cm³/mol. The van der Waals surface area contributed by atoms with Crippen LogP contribution in [0.25, 0.3) is 0 Å². The molecular formula is C13H17BrN2O. The Labute approximate surface area is 110 Å². The first-order chi connectivity index (χ1) is 8.16. The van der Waals surface area contributed by atoms with Crippen LogP contribution in [-0.2, 0) is 0 Å². The van der Waals surface area contributed by atoms with Gasteiger partial charge in [0.2, 0.25) is 0 Å². The molecule has 1 aromatic carbocycles. The van der Waals surface area contributed by atoms with Crippen LogP contribution in [0.2, 0.25) is 0 Å². The van der Waals surface area contributed by atoms with Gasteiger partial charge in [-0.25, -0.2) is 0 Å². The fraction of sp³-hybridized carbons (Fsp3) is 0.462. The zero-order valence-corrected chi connectivity index (χ0v) is 11.5. The largest absolute Gasteiger partial charge is 0.349 e. The molecule has 4 heteroatoms. The molecular weight excluding hydrogens is 280 g/mol. The Hall–Kier alpha value is -0.870. The number of aryl methyl sites for hydroxylation is 1. The predicted octanol–water partition coefficient (Wildman–Crippen LogP) is 2.24. The first-order valence-corrected chi connectivity index (χ1v) is 6.74. The molecule has 0 aliphatic carbocycles. The van der Waals surface area contributed by atoms with Gasteiger partial charge in [-0.15, -0.1) is 0 Å². The molecule has 1 aromatic rings. The van der Waals surface area contributed by atoms with E-state index in [9.17, 15) is 4.79 Å². The number of piperidine rings is 1. The topological polar surface area (TPSA) is 41.1 Å². The molecule has 1 amide bonds. The summed E-state index contributed by atoms with van der Waals surface area (Å²) in [6, 6.07) is 6.02. The minimum absolute atomic E-state index is 0.0256. The number of rotatable bonds is 2. The van der Waals surface area contributed by atoms with Gasteiger partial charge < -0.3 is 10.6 Å². The summed E-state index contributed by atoms with van der Waals surface area (Å²) >= 11 is 3.45. The van der Waals surface area contributed by atoms with Gasteiger partial charge in [0.1, 0.15) is 0 Å². The van der Waals surface area contributed by atoms with Crippen molar-refractivity contribution in [3.8, 4) is 0 Å². The smallest absolute Gasteiger partial charge is 0.251 e. The van der Waals surface area contributed by atoms with E-state index >= 15 is 0 Å². The molecule has 0 aromatic heterocycles. The van der Waals surface area contributed by atoms with Crippen molar-refractivity contribution < 1.29 is 4.79 Å². The van der Waals surface area contributed by atoms with Gasteiger partial charge in [-0.1, -0.05) is 22.0 Å². The monoisotopic (exact) mass is 296 g/mol. The quantitative estimate of drug-likeness (QED) is 0.879. The summed E-state index contributed by atoms with van der Waals surface area (Å²) in [5, 5.41) is 6.37. The number of amides is 1. The van der Waals surface area contributed by atoms with Crippen LogP contribution < -0.4 is 10.6 Å². The van der Waals surface area contributed by atoms with Crippen molar-refractivity contribution in [3.63, 3.8) is 0 Å². The van der Waals surface area contributed by atoms with Gasteiger partial charge in [0.15, 0.2) is 0 Å². The van der Waals surface area contributed by atoms with Crippen molar-refractivity contribution in [2.75, 3.05) is 13.1 Å². The zero-order chi connectivity index (χ0) is 12.3. The number of hydrogen-bond acceptors (Lipinski definition) is 2. The van der Waals surface area contributed by atoms with Crippen LogP contribution in [0.3, 0.4) is 0 Å². The average molecular weight is 297 g/mol. The number of carbonyl (C=O) groups is 1. The third kappa shape index (κ3) is 3.30. The maximum atomic E-state index is 12.0. The second-order valence-corrected chi connectivity index (χ2v) is 5.32. The van der Waals surface area contributed by atoms with Gasteiger partial charge in [-0.05, 0) is 50.6 Å². The third-order valence-corrected chi connectivity index (χ3v) is 3.96. The highest BCUT2D eigenvalue weighted by atomic mass is 79.9. The maximum absolute atomic E-state index is 12.0. The Morgan fingerprint density at radius 3 is 2.76 bits per heavy atom. The molecule has 1 heterocycles. The number of hydrogen-bond donors (Lipinski definition) is 2. The highest BCUT2D eigenvalue weighted by molar-refractivity contribution is 9.10. The second kappa shape index (κ2) is 5.65. The van der Waals surface area contributed by atoms with E-state index < -0.39 is 0 Å². The summed E-state index contributed by atoms with van der Waals surface area (Å²) in [6.07, 6.45) is 2.03. The fourth-order valence-corrected chi connectivity index (χ4v) is 2.35. The van der Waals surface area contributed by atoms with Crippen molar-refractivity contribution in [3.05, 3.63) is 33.8 Å². The summed E-state index contributed by atoms with van der Waals surface area (Å²) < 4.78 is 0.982. The van der Waals surface area contributed by atoms with Crippen LogP contribution >= 0.6 is 15.9 Å². The normalized spacial score (nSPS) is 16.8. The lowest BCUT2D eigenvalue weighted by Gasteiger charge is -2.23. The van der Waals surface area contributed by atoms with Crippen molar-refractivity contribution in [1.82, 2.24) is 10.6 Å². The number of nitrogens with one attached hydrogen (secondary N) is 2. The fourth-order valence-electron chi connectivity index (χ4n) is 1.97. The summed E-state index contributed by atoms with van der Waals surface area (Å²) in [7, 11) is 0. The molecule has 3 nitrogen and oxygen atoms in total. The molecule has 0 atom stereocenters. The van der Waals surface area contributed by atoms with E-state index in [1.54, 1.807) is 0 Å². The summed E-state index contributed by atoms with van der Waals surface area (Å²) in [5.41, 5.74) is 1.87. The van der Waals surface area contributed by atoms with Crippen LogP contribution in [0.4, 0.5) is 0 Å². The maximum Gasteiger partial charge on any atom is 0.251 e. The van der Waals surface area contributed by atoms with E-state index in [1.807, 2.05) is 25.1 Å². The highest BCUT2D eigenvalue weighted by Crippen LogP contribution is 2.17. The van der Waals surface area contributed by atoms with Gasteiger partial charge >= 0.3 is 0 Å². The summed E-state index contributed by atoms with van der Waals surface area (Å²) in [6.45, 7) is 3.99. The highest BCUT2D eigenvalue weighted by Gasteiger charge is 2.16. The van der Waals surface area contributed by atoms with E-state index in [2.05, 4.69) is 26.6 Å². The molecule has 0 unspecified atom stereocenters. The van der Waals surface area contributed by atoms with Gasteiger partial charge in [-0.3, -0.25) is 4.79 Å². The Morgan fingerprint density at radius 2 is 2.12 bits per heavy atom. The summed E-state index contributed by atoms with van der Waals surface area (Å²) in [4.78, 5) is 12.0. The lowest BCUT2D eigenvalue weighted by atomic mass is 10.1. The lowest BCUT2D eigenvalue weighted by Crippen LogP contribution is -2.42. The van der Waals surface area contributed by atoms with Gasteiger partial charge in [0.25, 0.3) is 5.91 Å². The second-order valence-electron chi connectivity index (χ2n) is 4.46. The molecule has 1 aliphatic rings. The van der Waals surface area contributed by atoms with Gasteiger partial charge in [0.05, 0.1) is 0 Å². The standard InChI is InChI=1S/C13H17BrN2O/c1-9-2-3-10(8-12(9)14)13(17)16-11-4-6-15-7-5-11/h2-3,8,11,15H,4-7H2,1H3,(H,16,17). The number of benzene rings is 1. The van der Waals surface area contributed by atoms with Crippen molar-refractivity contribution in [2.24, 2.45) is 0 Å². The van der Waals surface area contributed by atoms with Crippen LogP contribution in [0.5, 0.6) is 0 Å². The van der Waals surface area contributed by atoms with Crippen LogP contribution in [0.15, 0.2) is 22.7 Å². The zero-order valence-electron chi connectivity index (χ0n) is 9.92. The number of halogens is 1. The molecule has 1 fully saturated rings. The molecule has 0 spiro atoms. The van der Waals surface area contributed by atoms with Gasteiger partial charge in [0, 0.05) is 16.1 Å². The van der Waals surface area contributed by atoms with E-state index in [1.165, 1.54) is 0 Å². The molecule has 1 aliphatic heterocycles. The molecule has 1 saturated heterocycles. The Balaban J connectivity index is 2.01. The SMILES string of the molecule is Cc1ccc(C(=O)NC2CCNCC2)cc1Br. The van der Waals surface area contributed by atoms with E-state index in [0.29, 0.717) is 6.04 Å².